The number of carbonyl (C=O) groups excluding carboxylic acids is 1. The van der Waals surface area contributed by atoms with Crippen LogP contribution in [0.25, 0.3) is 11.3 Å². The number of hydrogen-bond acceptors (Lipinski definition) is 5. The van der Waals surface area contributed by atoms with E-state index >= 15 is 0 Å². The number of ether oxygens (including phenoxy) is 2. The van der Waals surface area contributed by atoms with Gasteiger partial charge in [-0.1, -0.05) is 35.5 Å². The summed E-state index contributed by atoms with van der Waals surface area (Å²) >= 11 is 0. The van der Waals surface area contributed by atoms with Crippen LogP contribution in [0.5, 0.6) is 11.5 Å². The molecule has 0 aliphatic heterocycles. The summed E-state index contributed by atoms with van der Waals surface area (Å²) in [6.07, 6.45) is 0. The van der Waals surface area contributed by atoms with E-state index in [2.05, 4.69) is 10.5 Å². The van der Waals surface area contributed by atoms with Gasteiger partial charge < -0.3 is 19.3 Å². The second-order valence-corrected chi connectivity index (χ2v) is 5.75. The van der Waals surface area contributed by atoms with E-state index in [4.69, 9.17) is 14.0 Å². The number of aromatic nitrogens is 1. The van der Waals surface area contributed by atoms with E-state index in [1.54, 1.807) is 32.4 Å². The van der Waals surface area contributed by atoms with Gasteiger partial charge in [0.15, 0.2) is 23.0 Å². The van der Waals surface area contributed by atoms with Gasteiger partial charge in [-0.25, -0.2) is 0 Å². The fraction of sp³-hybridized carbons (Fsp3) is 0.200. The van der Waals surface area contributed by atoms with Crippen molar-refractivity contribution in [3.63, 3.8) is 0 Å². The number of methoxy groups -OCH3 is 2. The summed E-state index contributed by atoms with van der Waals surface area (Å²) in [5, 5.41) is 6.79. The number of nitrogens with zero attached hydrogens (tertiary/aromatic N) is 1. The summed E-state index contributed by atoms with van der Waals surface area (Å²) < 4.78 is 15.8. The molecule has 0 aliphatic carbocycles. The summed E-state index contributed by atoms with van der Waals surface area (Å²) in [6.45, 7) is 1.92. The number of benzene rings is 2. The van der Waals surface area contributed by atoms with Crippen LogP contribution in [0.15, 0.2) is 59.1 Å². The predicted octanol–water partition coefficient (Wildman–Crippen LogP) is 3.85. The molecule has 6 nitrogen and oxygen atoms in total. The van der Waals surface area contributed by atoms with E-state index in [9.17, 15) is 4.79 Å². The predicted molar refractivity (Wildman–Crippen MR) is 97.4 cm³/mol. The first kappa shape index (κ1) is 17.5. The van der Waals surface area contributed by atoms with E-state index in [0.717, 1.165) is 11.1 Å². The topological polar surface area (TPSA) is 73.6 Å². The lowest BCUT2D eigenvalue weighted by Gasteiger charge is -2.12. The van der Waals surface area contributed by atoms with E-state index < -0.39 is 0 Å². The van der Waals surface area contributed by atoms with Gasteiger partial charge in [-0.05, 0) is 30.7 Å². The Kier molecular flexibility index (Phi) is 5.22. The van der Waals surface area contributed by atoms with Crippen molar-refractivity contribution in [2.75, 3.05) is 14.2 Å². The number of hydrogen-bond donors (Lipinski definition) is 1. The van der Waals surface area contributed by atoms with Crippen molar-refractivity contribution >= 4 is 5.91 Å². The Labute approximate surface area is 151 Å². The minimum Gasteiger partial charge on any atom is -0.493 e. The summed E-state index contributed by atoms with van der Waals surface area (Å²) in [4.78, 5) is 12.4. The lowest BCUT2D eigenvalue weighted by Crippen LogP contribution is -2.26. The zero-order valence-electron chi connectivity index (χ0n) is 14.9. The molecule has 1 aromatic heterocycles. The number of carbonyl (C=O) groups is 1. The first-order valence-corrected chi connectivity index (χ1v) is 8.17. The monoisotopic (exact) mass is 352 g/mol. The maximum absolute atomic E-state index is 12.4. The second kappa shape index (κ2) is 7.74. The van der Waals surface area contributed by atoms with E-state index in [0.29, 0.717) is 17.3 Å². The van der Waals surface area contributed by atoms with E-state index in [1.807, 2.05) is 43.3 Å². The number of nitrogens with one attached hydrogen (secondary N) is 1. The van der Waals surface area contributed by atoms with Crippen molar-refractivity contribution < 1.29 is 18.8 Å². The first-order chi connectivity index (χ1) is 12.6. The molecule has 3 rings (SSSR count). The third kappa shape index (κ3) is 3.69. The Balaban J connectivity index is 1.76. The summed E-state index contributed by atoms with van der Waals surface area (Å²) in [6, 6.07) is 16.6. The zero-order valence-corrected chi connectivity index (χ0v) is 14.9. The molecule has 0 unspecified atom stereocenters. The van der Waals surface area contributed by atoms with Crippen LogP contribution in [0.1, 0.15) is 29.0 Å². The molecule has 0 radical (unpaired) electrons. The molecule has 2 aromatic carbocycles. The van der Waals surface area contributed by atoms with Crippen LogP contribution >= 0.6 is 0 Å². The Hall–Kier alpha value is -3.28. The minimum absolute atomic E-state index is 0.134. The Morgan fingerprint density at radius 2 is 1.77 bits per heavy atom. The first-order valence-electron chi connectivity index (χ1n) is 8.17. The fourth-order valence-electron chi connectivity index (χ4n) is 2.60. The molecule has 1 heterocycles. The molecule has 3 aromatic rings. The average molecular weight is 352 g/mol. The highest BCUT2D eigenvalue weighted by Gasteiger charge is 2.17. The third-order valence-electron chi connectivity index (χ3n) is 4.06. The number of amides is 1. The molecule has 0 saturated carbocycles. The molecule has 26 heavy (non-hydrogen) atoms. The van der Waals surface area contributed by atoms with E-state index in [-0.39, 0.29) is 17.6 Å². The zero-order chi connectivity index (χ0) is 18.5. The van der Waals surface area contributed by atoms with Gasteiger partial charge in [0.2, 0.25) is 0 Å². The van der Waals surface area contributed by atoms with Crippen molar-refractivity contribution in [3.8, 4) is 22.8 Å². The van der Waals surface area contributed by atoms with E-state index in [1.165, 1.54) is 0 Å². The quantitative estimate of drug-likeness (QED) is 0.729. The van der Waals surface area contributed by atoms with Crippen molar-refractivity contribution in [2.24, 2.45) is 0 Å². The lowest BCUT2D eigenvalue weighted by atomic mass is 10.1. The van der Waals surface area contributed by atoms with Gasteiger partial charge in [-0.15, -0.1) is 0 Å². The van der Waals surface area contributed by atoms with Gasteiger partial charge in [0.05, 0.1) is 20.3 Å². The fourth-order valence-corrected chi connectivity index (χ4v) is 2.60. The van der Waals surface area contributed by atoms with Crippen molar-refractivity contribution in [3.05, 3.63) is 65.9 Å². The molecule has 0 aliphatic rings. The van der Waals surface area contributed by atoms with Gasteiger partial charge >= 0.3 is 0 Å². The van der Waals surface area contributed by atoms with Gasteiger partial charge in [0.25, 0.3) is 5.91 Å². The standard InChI is InChI=1S/C20H20N2O4/c1-13(14-7-5-4-6-8-14)21-20(23)16-12-18(26-22-16)15-9-10-17(24-2)19(11-15)25-3/h4-13H,1-3H3,(H,21,23)/t13-/m0/s1. The molecule has 6 heteroatoms. The average Bonchev–Trinajstić information content (AvgIpc) is 3.18. The second-order valence-electron chi connectivity index (χ2n) is 5.75. The SMILES string of the molecule is COc1ccc(-c2cc(C(=O)N[C@@H](C)c3ccccc3)no2)cc1OC. The smallest absolute Gasteiger partial charge is 0.273 e. The number of rotatable bonds is 6. The Morgan fingerprint density at radius 3 is 2.46 bits per heavy atom. The van der Waals surface area contributed by atoms with Gasteiger partial charge in [0, 0.05) is 11.6 Å². The molecular formula is C20H20N2O4. The van der Waals surface area contributed by atoms with Crippen LogP contribution in [-0.4, -0.2) is 25.3 Å². The molecule has 134 valence electrons. The molecular weight excluding hydrogens is 332 g/mol. The van der Waals surface area contributed by atoms with Gasteiger partial charge in [-0.2, -0.15) is 0 Å². The molecule has 0 saturated heterocycles. The van der Waals surface area contributed by atoms with Crippen LogP contribution < -0.4 is 14.8 Å². The van der Waals surface area contributed by atoms with Gasteiger partial charge in [-0.3, -0.25) is 4.79 Å². The van der Waals surface area contributed by atoms with Gasteiger partial charge in [0.1, 0.15) is 0 Å². The highest BCUT2D eigenvalue weighted by molar-refractivity contribution is 5.93. The molecule has 1 N–H and O–H groups in total. The minimum atomic E-state index is -0.295. The third-order valence-corrected chi connectivity index (χ3v) is 4.06. The van der Waals surface area contributed by atoms with Crippen molar-refractivity contribution in [1.29, 1.82) is 0 Å². The Bertz CT molecular complexity index is 890. The molecule has 0 fully saturated rings. The highest BCUT2D eigenvalue weighted by Crippen LogP contribution is 2.32. The Morgan fingerprint density at radius 1 is 1.04 bits per heavy atom. The normalized spacial score (nSPS) is 11.7. The maximum atomic E-state index is 12.4. The highest BCUT2D eigenvalue weighted by atomic mass is 16.5. The molecule has 1 atom stereocenters. The van der Waals surface area contributed by atoms with Crippen LogP contribution in [0.2, 0.25) is 0 Å². The summed E-state index contributed by atoms with van der Waals surface area (Å²) in [5.41, 5.74) is 1.98. The van der Waals surface area contributed by atoms with Crippen LogP contribution in [0.3, 0.4) is 0 Å². The molecule has 1 amide bonds. The van der Waals surface area contributed by atoms with Crippen LogP contribution in [-0.2, 0) is 0 Å². The molecule has 0 spiro atoms. The van der Waals surface area contributed by atoms with Crippen molar-refractivity contribution in [1.82, 2.24) is 10.5 Å². The molecule has 0 bridgehead atoms. The summed E-state index contributed by atoms with van der Waals surface area (Å²) in [5.74, 6) is 1.37. The largest absolute Gasteiger partial charge is 0.493 e. The summed E-state index contributed by atoms with van der Waals surface area (Å²) in [7, 11) is 3.13. The maximum Gasteiger partial charge on any atom is 0.273 e. The lowest BCUT2D eigenvalue weighted by molar-refractivity contribution is 0.0931. The van der Waals surface area contributed by atoms with Crippen LogP contribution in [0, 0.1) is 0 Å². The van der Waals surface area contributed by atoms with Crippen LogP contribution in [0.4, 0.5) is 0 Å². The van der Waals surface area contributed by atoms with Crippen molar-refractivity contribution in [2.45, 2.75) is 13.0 Å².